The largest absolute Gasteiger partial charge is 0.480 e. The highest BCUT2D eigenvalue weighted by Gasteiger charge is 2.24. The lowest BCUT2D eigenvalue weighted by Crippen LogP contribution is -2.44. The molecule has 6 nitrogen and oxygen atoms in total. The predicted molar refractivity (Wildman–Crippen MR) is 82.8 cm³/mol. The van der Waals surface area contributed by atoms with Gasteiger partial charge in [0.1, 0.15) is 11.6 Å². The number of benzene rings is 1. The molecule has 0 saturated heterocycles. The fraction of sp³-hybridized carbons (Fsp3) is 0.375. The smallest absolute Gasteiger partial charge is 0.408 e. The number of carboxylic acids is 1. The lowest BCUT2D eigenvalue weighted by atomic mass is 10.0. The van der Waals surface area contributed by atoms with E-state index >= 15 is 0 Å². The number of rotatable bonds is 4. The van der Waals surface area contributed by atoms with Gasteiger partial charge in [0, 0.05) is 23.5 Å². The van der Waals surface area contributed by atoms with Gasteiger partial charge in [-0.1, -0.05) is 12.1 Å². The predicted octanol–water partition coefficient (Wildman–Crippen LogP) is 2.69. The zero-order valence-corrected chi connectivity index (χ0v) is 12.8. The van der Waals surface area contributed by atoms with Crippen molar-refractivity contribution in [2.75, 3.05) is 0 Å². The monoisotopic (exact) mass is 304 g/mol. The Morgan fingerprint density at radius 3 is 2.68 bits per heavy atom. The number of aromatic nitrogens is 1. The Kier molecular flexibility index (Phi) is 4.40. The van der Waals surface area contributed by atoms with Crippen LogP contribution in [0.3, 0.4) is 0 Å². The lowest BCUT2D eigenvalue weighted by molar-refractivity contribution is -0.139. The Labute approximate surface area is 128 Å². The van der Waals surface area contributed by atoms with Gasteiger partial charge in [0.05, 0.1) is 0 Å². The van der Waals surface area contributed by atoms with Gasteiger partial charge < -0.3 is 20.1 Å². The van der Waals surface area contributed by atoms with Gasteiger partial charge in [-0.05, 0) is 38.5 Å². The number of nitrogens with one attached hydrogen (secondary N) is 2. The second-order valence-electron chi connectivity index (χ2n) is 6.10. The number of carbonyl (C=O) groups excluding carboxylic acids is 1. The first-order valence-corrected chi connectivity index (χ1v) is 7.03. The molecule has 2 aromatic rings. The summed E-state index contributed by atoms with van der Waals surface area (Å²) in [6.07, 6.45) is 1.25. The first-order chi connectivity index (χ1) is 10.3. The number of aromatic amines is 1. The summed E-state index contributed by atoms with van der Waals surface area (Å²) in [6, 6.07) is 6.45. The fourth-order valence-electron chi connectivity index (χ4n) is 2.20. The van der Waals surface area contributed by atoms with E-state index in [2.05, 4.69) is 10.3 Å². The summed E-state index contributed by atoms with van der Waals surface area (Å²) in [5.74, 6) is -1.10. The van der Waals surface area contributed by atoms with Crippen LogP contribution in [0.1, 0.15) is 26.3 Å². The first kappa shape index (κ1) is 15.9. The van der Waals surface area contributed by atoms with Crippen LogP contribution in [-0.2, 0) is 16.0 Å². The molecular weight excluding hydrogens is 284 g/mol. The summed E-state index contributed by atoms with van der Waals surface area (Å²) in [5.41, 5.74) is 1.11. The second-order valence-corrected chi connectivity index (χ2v) is 6.10. The molecular formula is C16H20N2O4. The number of amides is 1. The quantitative estimate of drug-likeness (QED) is 0.810. The lowest BCUT2D eigenvalue weighted by Gasteiger charge is -2.22. The summed E-state index contributed by atoms with van der Waals surface area (Å²) in [4.78, 5) is 26.3. The Bertz CT molecular complexity index is 685. The molecule has 3 N–H and O–H groups in total. The molecule has 0 aliphatic carbocycles. The maximum absolute atomic E-state index is 11.8. The first-order valence-electron chi connectivity index (χ1n) is 7.03. The van der Waals surface area contributed by atoms with Gasteiger partial charge in [0.2, 0.25) is 0 Å². The normalized spacial score (nSPS) is 12.9. The van der Waals surface area contributed by atoms with Gasteiger partial charge in [0.15, 0.2) is 0 Å². The standard InChI is InChI=1S/C16H20N2O4/c1-16(2,3)22-15(21)18-13(14(19)20)9-10-5-4-6-12-11(10)7-8-17-12/h4-8,13,17H,9H2,1-3H3,(H,18,21)(H,19,20). The van der Waals surface area contributed by atoms with Crippen molar-refractivity contribution in [3.8, 4) is 0 Å². The van der Waals surface area contributed by atoms with E-state index in [-0.39, 0.29) is 6.42 Å². The number of hydrogen-bond donors (Lipinski definition) is 3. The van der Waals surface area contributed by atoms with Crippen LogP contribution in [0.2, 0.25) is 0 Å². The highest BCUT2D eigenvalue weighted by Crippen LogP contribution is 2.19. The summed E-state index contributed by atoms with van der Waals surface area (Å²) in [5, 5.41) is 12.7. The topological polar surface area (TPSA) is 91.4 Å². The van der Waals surface area contributed by atoms with Gasteiger partial charge >= 0.3 is 12.1 Å². The maximum atomic E-state index is 11.8. The van der Waals surface area contributed by atoms with E-state index in [1.165, 1.54) is 0 Å². The number of alkyl carbamates (subject to hydrolysis) is 1. The molecule has 6 heteroatoms. The Morgan fingerprint density at radius 2 is 2.05 bits per heavy atom. The molecule has 1 aromatic carbocycles. The number of hydrogen-bond acceptors (Lipinski definition) is 3. The average Bonchev–Trinajstić information content (AvgIpc) is 2.84. The minimum absolute atomic E-state index is 0.184. The molecule has 1 amide bonds. The van der Waals surface area contributed by atoms with Crippen molar-refractivity contribution in [3.05, 3.63) is 36.0 Å². The molecule has 0 fully saturated rings. The fourth-order valence-corrected chi connectivity index (χ4v) is 2.20. The van der Waals surface area contributed by atoms with Gasteiger partial charge in [-0.25, -0.2) is 9.59 Å². The Morgan fingerprint density at radius 1 is 1.32 bits per heavy atom. The molecule has 0 aliphatic rings. The van der Waals surface area contributed by atoms with Crippen LogP contribution >= 0.6 is 0 Å². The molecule has 2 rings (SSSR count). The maximum Gasteiger partial charge on any atom is 0.408 e. The number of carbonyl (C=O) groups is 2. The van der Waals surface area contributed by atoms with Gasteiger partial charge in [-0.15, -0.1) is 0 Å². The number of ether oxygens (including phenoxy) is 1. The van der Waals surface area contributed by atoms with Crippen LogP contribution < -0.4 is 5.32 Å². The number of aliphatic carboxylic acids is 1. The second kappa shape index (κ2) is 6.09. The van der Waals surface area contributed by atoms with Crippen molar-refractivity contribution in [2.24, 2.45) is 0 Å². The minimum atomic E-state index is -1.10. The molecule has 1 atom stereocenters. The zero-order valence-electron chi connectivity index (χ0n) is 12.8. The van der Waals surface area contributed by atoms with E-state index in [4.69, 9.17) is 4.74 Å². The molecule has 0 bridgehead atoms. The molecule has 0 aliphatic heterocycles. The highest BCUT2D eigenvalue weighted by atomic mass is 16.6. The molecule has 0 spiro atoms. The zero-order chi connectivity index (χ0) is 16.3. The van der Waals surface area contributed by atoms with Crippen molar-refractivity contribution >= 4 is 23.0 Å². The van der Waals surface area contributed by atoms with Crippen LogP contribution in [0.5, 0.6) is 0 Å². The Hall–Kier alpha value is -2.50. The van der Waals surface area contributed by atoms with E-state index in [0.717, 1.165) is 16.5 Å². The van der Waals surface area contributed by atoms with Crippen LogP contribution in [0.25, 0.3) is 10.9 Å². The van der Waals surface area contributed by atoms with Crippen molar-refractivity contribution in [1.29, 1.82) is 0 Å². The molecule has 0 radical (unpaired) electrons. The molecule has 1 aromatic heterocycles. The van der Waals surface area contributed by atoms with Crippen LogP contribution in [0.4, 0.5) is 4.79 Å². The van der Waals surface area contributed by atoms with Crippen LogP contribution in [0, 0.1) is 0 Å². The number of fused-ring (bicyclic) bond motifs is 1. The summed E-state index contributed by atoms with van der Waals surface area (Å²) >= 11 is 0. The van der Waals surface area contributed by atoms with E-state index in [9.17, 15) is 14.7 Å². The van der Waals surface area contributed by atoms with Crippen LogP contribution in [-0.4, -0.2) is 33.8 Å². The summed E-state index contributed by atoms with van der Waals surface area (Å²) < 4.78 is 5.11. The van der Waals surface area contributed by atoms with Gasteiger partial charge in [0.25, 0.3) is 0 Å². The van der Waals surface area contributed by atoms with Crippen LogP contribution in [0.15, 0.2) is 30.5 Å². The SMILES string of the molecule is CC(C)(C)OC(=O)NC(Cc1cccc2[nH]ccc12)C(=O)O. The summed E-state index contributed by atoms with van der Waals surface area (Å²) in [7, 11) is 0. The molecule has 0 saturated carbocycles. The number of carboxylic acid groups (broad SMARTS) is 1. The van der Waals surface area contributed by atoms with E-state index in [0.29, 0.717) is 0 Å². The highest BCUT2D eigenvalue weighted by molar-refractivity contribution is 5.85. The van der Waals surface area contributed by atoms with E-state index < -0.39 is 23.7 Å². The minimum Gasteiger partial charge on any atom is -0.480 e. The average molecular weight is 304 g/mol. The van der Waals surface area contributed by atoms with Gasteiger partial charge in [-0.2, -0.15) is 0 Å². The van der Waals surface area contributed by atoms with Crippen molar-refractivity contribution < 1.29 is 19.4 Å². The summed E-state index contributed by atoms with van der Waals surface area (Å²) in [6.45, 7) is 5.18. The third-order valence-corrected chi connectivity index (χ3v) is 3.10. The number of H-pyrrole nitrogens is 1. The van der Waals surface area contributed by atoms with Crippen molar-refractivity contribution in [2.45, 2.75) is 38.8 Å². The van der Waals surface area contributed by atoms with E-state index in [1.807, 2.05) is 24.3 Å². The van der Waals surface area contributed by atoms with Crippen molar-refractivity contribution in [1.82, 2.24) is 10.3 Å². The molecule has 1 unspecified atom stereocenters. The third-order valence-electron chi connectivity index (χ3n) is 3.10. The molecule has 22 heavy (non-hydrogen) atoms. The van der Waals surface area contributed by atoms with Gasteiger partial charge in [-0.3, -0.25) is 0 Å². The Balaban J connectivity index is 2.14. The van der Waals surface area contributed by atoms with E-state index in [1.54, 1.807) is 27.0 Å². The molecule has 118 valence electrons. The third kappa shape index (κ3) is 4.00. The van der Waals surface area contributed by atoms with Crippen molar-refractivity contribution in [3.63, 3.8) is 0 Å². The molecule has 1 heterocycles.